The summed E-state index contributed by atoms with van der Waals surface area (Å²) in [6.07, 6.45) is 0. The molecule has 98 valence electrons. The molecule has 5 heteroatoms. The molecule has 0 aliphatic carbocycles. The highest BCUT2D eigenvalue weighted by Crippen LogP contribution is 2.26. The second kappa shape index (κ2) is 5.32. The number of carbonyl (C=O) groups excluding carboxylic acids is 1. The smallest absolute Gasteiger partial charge is 0.310 e. The number of ketones is 1. The number of thiazole rings is 1. The van der Waals surface area contributed by atoms with E-state index in [0.717, 1.165) is 16.1 Å². The quantitative estimate of drug-likeness (QED) is 0.870. The van der Waals surface area contributed by atoms with Gasteiger partial charge >= 0.3 is 5.97 Å². The van der Waals surface area contributed by atoms with E-state index >= 15 is 0 Å². The summed E-state index contributed by atoms with van der Waals surface area (Å²) in [5.74, 6) is -1.43. The minimum Gasteiger partial charge on any atom is -0.481 e. The number of benzene rings is 1. The number of rotatable bonds is 4. The van der Waals surface area contributed by atoms with Gasteiger partial charge in [-0.05, 0) is 12.5 Å². The average molecular weight is 275 g/mol. The van der Waals surface area contributed by atoms with Gasteiger partial charge in [0, 0.05) is 17.9 Å². The zero-order valence-corrected chi connectivity index (χ0v) is 11.4. The van der Waals surface area contributed by atoms with Crippen molar-refractivity contribution in [2.45, 2.75) is 19.8 Å². The molecule has 19 heavy (non-hydrogen) atoms. The van der Waals surface area contributed by atoms with Crippen molar-refractivity contribution in [2.24, 2.45) is 0 Å². The number of hydrogen-bond donors (Lipinski definition) is 1. The maximum Gasteiger partial charge on any atom is 0.310 e. The van der Waals surface area contributed by atoms with Crippen molar-refractivity contribution in [3.8, 4) is 10.6 Å². The lowest BCUT2D eigenvalue weighted by Crippen LogP contribution is -2.06. The van der Waals surface area contributed by atoms with Gasteiger partial charge < -0.3 is 5.11 Å². The van der Waals surface area contributed by atoms with Crippen molar-refractivity contribution in [3.05, 3.63) is 40.9 Å². The zero-order valence-electron chi connectivity index (χ0n) is 10.6. The summed E-state index contributed by atoms with van der Waals surface area (Å²) in [6.45, 7) is 3.13. The summed E-state index contributed by atoms with van der Waals surface area (Å²) in [6, 6.07) is 7.22. The van der Waals surface area contributed by atoms with Crippen molar-refractivity contribution in [3.63, 3.8) is 0 Å². The molecular weight excluding hydrogens is 262 g/mol. The van der Waals surface area contributed by atoms with Gasteiger partial charge in [0.15, 0.2) is 5.78 Å². The number of aliphatic carboxylic acids is 1. The van der Waals surface area contributed by atoms with Gasteiger partial charge in [-0.3, -0.25) is 9.59 Å². The van der Waals surface area contributed by atoms with E-state index in [9.17, 15) is 9.59 Å². The van der Waals surface area contributed by atoms with E-state index in [4.69, 9.17) is 5.11 Å². The fraction of sp³-hybridized carbons (Fsp3) is 0.214. The molecule has 1 unspecified atom stereocenters. The summed E-state index contributed by atoms with van der Waals surface area (Å²) in [7, 11) is 0. The lowest BCUT2D eigenvalue weighted by atomic mass is 10.0. The molecule has 4 nitrogen and oxygen atoms in total. The van der Waals surface area contributed by atoms with E-state index in [1.165, 1.54) is 18.3 Å². The highest BCUT2D eigenvalue weighted by atomic mass is 32.1. The van der Waals surface area contributed by atoms with E-state index in [1.54, 1.807) is 24.4 Å². The van der Waals surface area contributed by atoms with Crippen molar-refractivity contribution in [2.75, 3.05) is 0 Å². The summed E-state index contributed by atoms with van der Waals surface area (Å²) >= 11 is 1.40. The van der Waals surface area contributed by atoms with Gasteiger partial charge in [0.2, 0.25) is 0 Å². The van der Waals surface area contributed by atoms with Gasteiger partial charge in [-0.15, -0.1) is 11.3 Å². The number of aromatic nitrogens is 1. The Bertz CT molecular complexity index is 616. The fourth-order valence-corrected chi connectivity index (χ4v) is 2.49. The zero-order chi connectivity index (χ0) is 14.0. The van der Waals surface area contributed by atoms with E-state index in [2.05, 4.69) is 4.98 Å². The highest BCUT2D eigenvalue weighted by Gasteiger charge is 2.14. The lowest BCUT2D eigenvalue weighted by molar-refractivity contribution is -0.138. The van der Waals surface area contributed by atoms with E-state index in [-0.39, 0.29) is 5.78 Å². The van der Waals surface area contributed by atoms with Crippen LogP contribution >= 0.6 is 11.3 Å². The topological polar surface area (TPSA) is 67.3 Å². The molecule has 0 saturated carbocycles. The molecule has 2 aromatic rings. The maximum absolute atomic E-state index is 11.2. The molecule has 1 atom stereocenters. The first kappa shape index (κ1) is 13.4. The molecule has 2 rings (SSSR count). The van der Waals surface area contributed by atoms with Crippen LogP contribution in [0.2, 0.25) is 0 Å². The first-order valence-electron chi connectivity index (χ1n) is 5.78. The third kappa shape index (κ3) is 2.88. The van der Waals surface area contributed by atoms with Crippen LogP contribution in [-0.4, -0.2) is 21.8 Å². The number of carbonyl (C=O) groups is 2. The van der Waals surface area contributed by atoms with Gasteiger partial charge in [-0.1, -0.05) is 24.3 Å². The molecular formula is C14H13NO3S. The highest BCUT2D eigenvalue weighted by molar-refractivity contribution is 7.13. The second-order valence-electron chi connectivity index (χ2n) is 4.28. The van der Waals surface area contributed by atoms with E-state index in [0.29, 0.717) is 5.69 Å². The number of hydrogen-bond acceptors (Lipinski definition) is 4. The van der Waals surface area contributed by atoms with Crippen LogP contribution in [0.5, 0.6) is 0 Å². The summed E-state index contributed by atoms with van der Waals surface area (Å²) in [4.78, 5) is 26.3. The summed E-state index contributed by atoms with van der Waals surface area (Å²) in [5.41, 5.74) is 2.10. The molecule has 1 N–H and O–H groups in total. The van der Waals surface area contributed by atoms with Crippen LogP contribution in [0.25, 0.3) is 10.6 Å². The molecule has 0 bridgehead atoms. The van der Waals surface area contributed by atoms with Crippen LogP contribution < -0.4 is 0 Å². The first-order valence-corrected chi connectivity index (χ1v) is 6.66. The molecule has 1 aromatic heterocycles. The molecule has 0 spiro atoms. The SMILES string of the molecule is CC(=O)c1csc(-c2ccc(C(C)C(=O)O)cc2)n1. The Hall–Kier alpha value is -2.01. The molecule has 0 aliphatic rings. The van der Waals surface area contributed by atoms with Crippen molar-refractivity contribution in [1.29, 1.82) is 0 Å². The van der Waals surface area contributed by atoms with Gasteiger partial charge in [-0.2, -0.15) is 0 Å². The van der Waals surface area contributed by atoms with Crippen LogP contribution in [0, 0.1) is 0 Å². The van der Waals surface area contributed by atoms with Crippen molar-refractivity contribution < 1.29 is 14.7 Å². The van der Waals surface area contributed by atoms with Gasteiger partial charge in [0.1, 0.15) is 10.7 Å². The molecule has 0 amide bonds. The van der Waals surface area contributed by atoms with Crippen LogP contribution in [0.3, 0.4) is 0 Å². The Kier molecular flexibility index (Phi) is 3.76. The van der Waals surface area contributed by atoms with Crippen LogP contribution in [0.1, 0.15) is 35.8 Å². The van der Waals surface area contributed by atoms with Gasteiger partial charge in [0.05, 0.1) is 5.92 Å². The maximum atomic E-state index is 11.2. The number of Topliss-reactive ketones (excluding diaryl/α,β-unsaturated/α-hetero) is 1. The largest absolute Gasteiger partial charge is 0.481 e. The molecule has 1 heterocycles. The molecule has 0 fully saturated rings. The Balaban J connectivity index is 2.27. The molecule has 0 aliphatic heterocycles. The van der Waals surface area contributed by atoms with Crippen molar-refractivity contribution >= 4 is 23.1 Å². The van der Waals surface area contributed by atoms with Gasteiger partial charge in [0.25, 0.3) is 0 Å². The lowest BCUT2D eigenvalue weighted by Gasteiger charge is -2.06. The van der Waals surface area contributed by atoms with Crippen molar-refractivity contribution in [1.82, 2.24) is 4.98 Å². The monoisotopic (exact) mass is 275 g/mol. The fourth-order valence-electron chi connectivity index (χ4n) is 1.62. The van der Waals surface area contributed by atoms with Crippen LogP contribution in [0.4, 0.5) is 0 Å². The Morgan fingerprint density at radius 2 is 1.89 bits per heavy atom. The summed E-state index contributed by atoms with van der Waals surface area (Å²) < 4.78 is 0. The third-order valence-corrected chi connectivity index (χ3v) is 3.78. The predicted molar refractivity (Wildman–Crippen MR) is 73.6 cm³/mol. The number of nitrogens with zero attached hydrogens (tertiary/aromatic N) is 1. The Morgan fingerprint density at radius 3 is 2.37 bits per heavy atom. The standard InChI is InChI=1S/C14H13NO3S/c1-8(14(17)18)10-3-5-11(6-4-10)13-15-12(7-19-13)9(2)16/h3-8H,1-2H3,(H,17,18). The second-order valence-corrected chi connectivity index (χ2v) is 5.13. The average Bonchev–Trinajstić information content (AvgIpc) is 2.87. The molecule has 1 aromatic carbocycles. The van der Waals surface area contributed by atoms with E-state index in [1.807, 2.05) is 12.1 Å². The number of carboxylic acid groups (broad SMARTS) is 1. The normalized spacial score (nSPS) is 12.1. The third-order valence-electron chi connectivity index (χ3n) is 2.89. The van der Waals surface area contributed by atoms with Gasteiger partial charge in [-0.25, -0.2) is 4.98 Å². The Labute approximate surface area is 114 Å². The minimum absolute atomic E-state index is 0.0568. The molecule has 0 saturated heterocycles. The predicted octanol–water partition coefficient (Wildman–Crippen LogP) is 3.20. The van der Waals surface area contributed by atoms with E-state index < -0.39 is 11.9 Å². The Morgan fingerprint density at radius 1 is 1.26 bits per heavy atom. The number of carboxylic acids is 1. The van der Waals surface area contributed by atoms with Crippen LogP contribution in [0.15, 0.2) is 29.6 Å². The molecule has 0 radical (unpaired) electrons. The van der Waals surface area contributed by atoms with Crippen LogP contribution in [-0.2, 0) is 4.79 Å². The first-order chi connectivity index (χ1) is 8.99. The minimum atomic E-state index is -0.846. The summed E-state index contributed by atoms with van der Waals surface area (Å²) in [5, 5.41) is 11.4.